The minimum Gasteiger partial charge on any atom is -0.477 e. The summed E-state index contributed by atoms with van der Waals surface area (Å²) in [4.78, 5) is 19.4. The molecular weight excluding hydrogens is 356 g/mol. The SMILES string of the molecule is O=C(O)c1ccc(-c2nc(C3(CN[C@H]4C[C@@H]4c4ccccc4)CC3)no2)cn1. The number of carbonyl (C=O) groups is 1. The number of carboxylic acid groups (broad SMARTS) is 1. The highest BCUT2D eigenvalue weighted by Crippen LogP contribution is 2.48. The molecule has 7 nitrogen and oxygen atoms in total. The van der Waals surface area contributed by atoms with E-state index in [0.717, 1.165) is 19.4 Å². The third-order valence-electron chi connectivity index (χ3n) is 5.70. The Balaban J connectivity index is 1.24. The van der Waals surface area contributed by atoms with Gasteiger partial charge in [-0.3, -0.25) is 0 Å². The molecule has 0 saturated heterocycles. The third kappa shape index (κ3) is 3.18. The third-order valence-corrected chi connectivity index (χ3v) is 5.70. The summed E-state index contributed by atoms with van der Waals surface area (Å²) in [6.45, 7) is 0.843. The fraction of sp³-hybridized carbons (Fsp3) is 0.333. The predicted octanol–water partition coefficient (Wildman–Crippen LogP) is 3.01. The first-order valence-electron chi connectivity index (χ1n) is 9.47. The molecule has 2 aliphatic carbocycles. The molecule has 2 aromatic heterocycles. The summed E-state index contributed by atoms with van der Waals surface area (Å²) in [5, 5.41) is 16.8. The molecule has 1 aromatic carbocycles. The lowest BCUT2D eigenvalue weighted by Gasteiger charge is -2.12. The van der Waals surface area contributed by atoms with Gasteiger partial charge in [-0.15, -0.1) is 0 Å². The van der Waals surface area contributed by atoms with Crippen LogP contribution in [0.2, 0.25) is 0 Å². The van der Waals surface area contributed by atoms with Crippen LogP contribution in [0.4, 0.5) is 0 Å². The molecule has 28 heavy (non-hydrogen) atoms. The maximum Gasteiger partial charge on any atom is 0.354 e. The van der Waals surface area contributed by atoms with Crippen LogP contribution in [0.25, 0.3) is 11.5 Å². The first-order valence-corrected chi connectivity index (χ1v) is 9.47. The van der Waals surface area contributed by atoms with Crippen LogP contribution in [0.1, 0.15) is 47.1 Å². The molecule has 142 valence electrons. The zero-order valence-corrected chi connectivity index (χ0v) is 15.2. The number of rotatable bonds is 7. The Hall–Kier alpha value is -3.06. The van der Waals surface area contributed by atoms with Crippen molar-refractivity contribution < 1.29 is 14.4 Å². The zero-order valence-electron chi connectivity index (χ0n) is 15.2. The van der Waals surface area contributed by atoms with Gasteiger partial charge in [0.2, 0.25) is 0 Å². The Morgan fingerprint density at radius 3 is 2.71 bits per heavy atom. The van der Waals surface area contributed by atoms with Crippen LogP contribution < -0.4 is 5.32 Å². The molecule has 7 heteroatoms. The second kappa shape index (κ2) is 6.53. The number of nitrogens with zero attached hydrogens (tertiary/aromatic N) is 3. The molecule has 2 saturated carbocycles. The molecule has 0 amide bonds. The summed E-state index contributed by atoms with van der Waals surface area (Å²) in [5.74, 6) is 0.625. The first-order chi connectivity index (χ1) is 13.6. The van der Waals surface area contributed by atoms with E-state index >= 15 is 0 Å². The monoisotopic (exact) mass is 376 g/mol. The lowest BCUT2D eigenvalue weighted by molar-refractivity contribution is 0.0690. The second-order valence-electron chi connectivity index (χ2n) is 7.68. The van der Waals surface area contributed by atoms with Crippen molar-refractivity contribution in [1.29, 1.82) is 0 Å². The van der Waals surface area contributed by atoms with Crippen molar-refractivity contribution in [2.75, 3.05) is 6.54 Å². The number of pyridine rings is 1. The van der Waals surface area contributed by atoms with Crippen molar-refractivity contribution >= 4 is 5.97 Å². The normalized spacial score (nSPS) is 22.0. The topological polar surface area (TPSA) is 101 Å². The summed E-state index contributed by atoms with van der Waals surface area (Å²) in [6.07, 6.45) is 4.70. The molecule has 0 radical (unpaired) electrons. The summed E-state index contributed by atoms with van der Waals surface area (Å²) in [5.41, 5.74) is 1.95. The van der Waals surface area contributed by atoms with Crippen molar-refractivity contribution in [3.8, 4) is 11.5 Å². The van der Waals surface area contributed by atoms with E-state index in [-0.39, 0.29) is 11.1 Å². The van der Waals surface area contributed by atoms with Gasteiger partial charge in [0.25, 0.3) is 5.89 Å². The Morgan fingerprint density at radius 2 is 2.04 bits per heavy atom. The van der Waals surface area contributed by atoms with E-state index in [1.54, 1.807) is 6.07 Å². The van der Waals surface area contributed by atoms with E-state index in [9.17, 15) is 4.79 Å². The van der Waals surface area contributed by atoms with Crippen LogP contribution in [-0.4, -0.2) is 38.8 Å². The molecule has 0 unspecified atom stereocenters. The molecule has 0 bridgehead atoms. The standard InChI is InChI=1S/C21H20N4O3/c26-19(27)16-7-6-14(11-22-16)18-24-20(25-28-18)21(8-9-21)12-23-17-10-15(17)13-4-2-1-3-5-13/h1-7,11,15,17,23H,8-10,12H2,(H,26,27)/t15-,17+/m1/s1. The molecule has 2 N–H and O–H groups in total. The minimum atomic E-state index is -1.06. The van der Waals surface area contributed by atoms with Crippen LogP contribution >= 0.6 is 0 Å². The molecule has 2 fully saturated rings. The number of carboxylic acids is 1. The Labute approximate surface area is 161 Å². The van der Waals surface area contributed by atoms with Crippen LogP contribution in [-0.2, 0) is 5.41 Å². The smallest absolute Gasteiger partial charge is 0.354 e. The maximum absolute atomic E-state index is 10.9. The molecule has 2 heterocycles. The number of aromatic nitrogens is 3. The molecule has 2 aliphatic rings. The highest BCUT2D eigenvalue weighted by molar-refractivity contribution is 5.85. The van der Waals surface area contributed by atoms with Gasteiger partial charge in [-0.25, -0.2) is 9.78 Å². The van der Waals surface area contributed by atoms with Gasteiger partial charge in [-0.1, -0.05) is 35.5 Å². The lowest BCUT2D eigenvalue weighted by atomic mass is 10.1. The van der Waals surface area contributed by atoms with Crippen molar-refractivity contribution in [3.63, 3.8) is 0 Å². The van der Waals surface area contributed by atoms with E-state index < -0.39 is 5.97 Å². The van der Waals surface area contributed by atoms with Gasteiger partial charge in [0.15, 0.2) is 5.82 Å². The molecule has 3 aromatic rings. The van der Waals surface area contributed by atoms with Crippen LogP contribution in [0.15, 0.2) is 53.2 Å². The lowest BCUT2D eigenvalue weighted by Crippen LogP contribution is -2.30. The van der Waals surface area contributed by atoms with Gasteiger partial charge >= 0.3 is 5.97 Å². The van der Waals surface area contributed by atoms with Gasteiger partial charge in [0.1, 0.15) is 5.69 Å². The fourth-order valence-corrected chi connectivity index (χ4v) is 3.65. The van der Waals surface area contributed by atoms with Crippen molar-refractivity contribution in [2.24, 2.45) is 0 Å². The Kier molecular flexibility index (Phi) is 3.98. The number of nitrogens with one attached hydrogen (secondary N) is 1. The van der Waals surface area contributed by atoms with Gasteiger partial charge < -0.3 is 14.9 Å². The summed E-state index contributed by atoms with van der Waals surface area (Å²) in [7, 11) is 0. The summed E-state index contributed by atoms with van der Waals surface area (Å²) >= 11 is 0. The van der Waals surface area contributed by atoms with E-state index in [2.05, 4.69) is 44.7 Å². The highest BCUT2D eigenvalue weighted by Gasteiger charge is 2.50. The van der Waals surface area contributed by atoms with Crippen LogP contribution in [0.5, 0.6) is 0 Å². The van der Waals surface area contributed by atoms with Gasteiger partial charge in [-0.05, 0) is 37.0 Å². The quantitative estimate of drug-likeness (QED) is 0.653. The maximum atomic E-state index is 10.9. The van der Waals surface area contributed by atoms with Crippen molar-refractivity contribution in [2.45, 2.75) is 36.6 Å². The van der Waals surface area contributed by atoms with E-state index in [4.69, 9.17) is 9.63 Å². The number of aromatic carboxylic acids is 1. The average molecular weight is 376 g/mol. The molecule has 0 aliphatic heterocycles. The van der Waals surface area contributed by atoms with Crippen molar-refractivity contribution in [3.05, 3.63) is 65.7 Å². The van der Waals surface area contributed by atoms with Crippen molar-refractivity contribution in [1.82, 2.24) is 20.4 Å². The van der Waals surface area contributed by atoms with E-state index in [0.29, 0.717) is 29.2 Å². The van der Waals surface area contributed by atoms with Gasteiger partial charge in [0, 0.05) is 30.1 Å². The van der Waals surface area contributed by atoms with Gasteiger partial charge in [0.05, 0.1) is 5.56 Å². The molecule has 2 atom stereocenters. The van der Waals surface area contributed by atoms with Crippen LogP contribution in [0.3, 0.4) is 0 Å². The number of hydrogen-bond acceptors (Lipinski definition) is 6. The Morgan fingerprint density at radius 1 is 1.21 bits per heavy atom. The Bertz CT molecular complexity index is 996. The summed E-state index contributed by atoms with van der Waals surface area (Å²) in [6, 6.07) is 14.2. The largest absolute Gasteiger partial charge is 0.477 e. The van der Waals surface area contributed by atoms with Crippen LogP contribution in [0, 0.1) is 0 Å². The van der Waals surface area contributed by atoms with E-state index in [1.807, 2.05) is 6.07 Å². The summed E-state index contributed by atoms with van der Waals surface area (Å²) < 4.78 is 5.41. The molecular formula is C21H20N4O3. The first kappa shape index (κ1) is 17.1. The highest BCUT2D eigenvalue weighted by atomic mass is 16.5. The minimum absolute atomic E-state index is 0.0104. The fourth-order valence-electron chi connectivity index (χ4n) is 3.65. The number of hydrogen-bond donors (Lipinski definition) is 2. The molecule has 5 rings (SSSR count). The number of benzene rings is 1. The van der Waals surface area contributed by atoms with Gasteiger partial charge in [-0.2, -0.15) is 4.98 Å². The van der Waals surface area contributed by atoms with E-state index in [1.165, 1.54) is 24.2 Å². The average Bonchev–Trinajstić information content (AvgIpc) is 3.64. The zero-order chi connectivity index (χ0) is 19.1. The second-order valence-corrected chi connectivity index (χ2v) is 7.68. The predicted molar refractivity (Wildman–Crippen MR) is 101 cm³/mol. The molecule has 0 spiro atoms.